The number of hydrogen-bond donors (Lipinski definition) is 2. The highest BCUT2D eigenvalue weighted by molar-refractivity contribution is 6.01. The number of aliphatic hydroxyl groups excluding tert-OH is 1. The molecule has 2 aliphatic rings. The molecule has 2 N–H and O–H groups in total. The van der Waals surface area contributed by atoms with Crippen LogP contribution in [0.2, 0.25) is 0 Å². The Morgan fingerprint density at radius 1 is 1.41 bits per heavy atom. The summed E-state index contributed by atoms with van der Waals surface area (Å²) in [5.74, 6) is 0.170. The largest absolute Gasteiger partial charge is 0.392 e. The molecule has 17 heavy (non-hydrogen) atoms. The summed E-state index contributed by atoms with van der Waals surface area (Å²) in [4.78, 5) is 26.0. The third kappa shape index (κ3) is 2.76. The minimum Gasteiger partial charge on any atom is -0.392 e. The van der Waals surface area contributed by atoms with E-state index in [9.17, 15) is 14.7 Å². The van der Waals surface area contributed by atoms with Gasteiger partial charge in [0.15, 0.2) is 0 Å². The molecule has 0 spiro atoms. The standard InChI is InChI=1S/C11H19N3O3/c1-8-2-3-13(7-9(8)15)4-5-14-10(16)6-12-11(14)17/h8-9,15H,2-7H2,1H3,(H,12,17). The molecule has 0 aromatic carbocycles. The number of β-amino-alcohol motifs (C(OH)–C–C–N with tert-alkyl or cyclic N) is 1. The van der Waals surface area contributed by atoms with Crippen molar-refractivity contribution in [2.24, 2.45) is 5.92 Å². The van der Waals surface area contributed by atoms with Crippen LogP contribution in [0.5, 0.6) is 0 Å². The predicted molar refractivity (Wildman–Crippen MR) is 61.3 cm³/mol. The zero-order valence-corrected chi connectivity index (χ0v) is 10.1. The number of nitrogens with one attached hydrogen (secondary N) is 1. The molecule has 0 aromatic rings. The van der Waals surface area contributed by atoms with Crippen molar-refractivity contribution in [1.82, 2.24) is 15.1 Å². The minimum atomic E-state index is -0.305. The van der Waals surface area contributed by atoms with Gasteiger partial charge in [-0.15, -0.1) is 0 Å². The van der Waals surface area contributed by atoms with Gasteiger partial charge in [0, 0.05) is 19.6 Å². The van der Waals surface area contributed by atoms with Crippen LogP contribution in [0, 0.1) is 5.92 Å². The molecule has 2 atom stereocenters. The minimum absolute atomic E-state index is 0.110. The second-order valence-electron chi connectivity index (χ2n) is 4.84. The molecule has 6 heteroatoms. The van der Waals surface area contributed by atoms with Crippen molar-refractivity contribution >= 4 is 11.9 Å². The number of nitrogens with zero attached hydrogens (tertiary/aromatic N) is 2. The van der Waals surface area contributed by atoms with Gasteiger partial charge in [0.25, 0.3) is 0 Å². The smallest absolute Gasteiger partial charge is 0.324 e. The fourth-order valence-corrected chi connectivity index (χ4v) is 2.24. The lowest BCUT2D eigenvalue weighted by Crippen LogP contribution is -2.46. The Bertz CT molecular complexity index is 305. The maximum atomic E-state index is 11.3. The Morgan fingerprint density at radius 3 is 2.76 bits per heavy atom. The lowest BCUT2D eigenvalue weighted by atomic mass is 9.96. The first kappa shape index (κ1) is 12.3. The van der Waals surface area contributed by atoms with E-state index in [0.717, 1.165) is 13.0 Å². The molecule has 96 valence electrons. The topological polar surface area (TPSA) is 72.9 Å². The van der Waals surface area contributed by atoms with E-state index in [0.29, 0.717) is 25.6 Å². The highest BCUT2D eigenvalue weighted by Gasteiger charge is 2.30. The normalized spacial score (nSPS) is 30.8. The van der Waals surface area contributed by atoms with Crippen molar-refractivity contribution in [2.75, 3.05) is 32.7 Å². The quantitative estimate of drug-likeness (QED) is 0.637. The maximum Gasteiger partial charge on any atom is 0.324 e. The zero-order valence-electron chi connectivity index (χ0n) is 10.1. The predicted octanol–water partition coefficient (Wildman–Crippen LogP) is -0.759. The molecule has 0 aliphatic carbocycles. The summed E-state index contributed by atoms with van der Waals surface area (Å²) in [5, 5.41) is 12.2. The fourth-order valence-electron chi connectivity index (χ4n) is 2.24. The van der Waals surface area contributed by atoms with Crippen molar-refractivity contribution in [3.8, 4) is 0 Å². The number of rotatable bonds is 3. The number of urea groups is 1. The van der Waals surface area contributed by atoms with Gasteiger partial charge in [-0.05, 0) is 18.9 Å². The first-order valence-corrected chi connectivity index (χ1v) is 6.06. The molecule has 0 radical (unpaired) electrons. The number of likely N-dealkylation sites (tertiary alicyclic amines) is 1. The second kappa shape index (κ2) is 5.01. The summed E-state index contributed by atoms with van der Waals surface area (Å²) in [5.41, 5.74) is 0. The van der Waals surface area contributed by atoms with Crippen molar-refractivity contribution < 1.29 is 14.7 Å². The van der Waals surface area contributed by atoms with Gasteiger partial charge in [0.2, 0.25) is 5.91 Å². The van der Waals surface area contributed by atoms with Crippen molar-refractivity contribution in [2.45, 2.75) is 19.4 Å². The molecule has 2 rings (SSSR count). The Hall–Kier alpha value is -1.14. The Kier molecular flexibility index (Phi) is 3.63. The Balaban J connectivity index is 1.79. The van der Waals surface area contributed by atoms with E-state index < -0.39 is 0 Å². The molecule has 2 saturated heterocycles. The number of imide groups is 1. The van der Waals surface area contributed by atoms with E-state index in [-0.39, 0.29) is 24.6 Å². The van der Waals surface area contributed by atoms with Gasteiger partial charge in [0.05, 0.1) is 12.6 Å². The first-order valence-electron chi connectivity index (χ1n) is 6.06. The van der Waals surface area contributed by atoms with Crippen molar-refractivity contribution in [3.63, 3.8) is 0 Å². The molecule has 0 bridgehead atoms. The molecule has 2 aliphatic heterocycles. The van der Waals surface area contributed by atoms with Crippen LogP contribution in [0.3, 0.4) is 0 Å². The third-order valence-corrected chi connectivity index (χ3v) is 3.58. The van der Waals surface area contributed by atoms with Crippen LogP contribution in [0.15, 0.2) is 0 Å². The molecule has 0 saturated carbocycles. The van der Waals surface area contributed by atoms with Gasteiger partial charge < -0.3 is 10.4 Å². The van der Waals surface area contributed by atoms with E-state index in [1.54, 1.807) is 0 Å². The van der Waals surface area contributed by atoms with Crippen LogP contribution in [-0.2, 0) is 4.79 Å². The van der Waals surface area contributed by atoms with Gasteiger partial charge in [0.1, 0.15) is 0 Å². The maximum absolute atomic E-state index is 11.3. The van der Waals surface area contributed by atoms with Gasteiger partial charge in [-0.25, -0.2) is 4.79 Å². The summed E-state index contributed by atoms with van der Waals surface area (Å²) < 4.78 is 0. The zero-order chi connectivity index (χ0) is 12.4. The van der Waals surface area contributed by atoms with E-state index in [1.807, 2.05) is 6.92 Å². The summed E-state index contributed by atoms with van der Waals surface area (Å²) in [6.45, 7) is 4.75. The summed E-state index contributed by atoms with van der Waals surface area (Å²) in [6, 6.07) is -0.305. The van der Waals surface area contributed by atoms with E-state index >= 15 is 0 Å². The molecule has 2 heterocycles. The lowest BCUT2D eigenvalue weighted by Gasteiger charge is -2.34. The highest BCUT2D eigenvalue weighted by atomic mass is 16.3. The third-order valence-electron chi connectivity index (χ3n) is 3.58. The van der Waals surface area contributed by atoms with Crippen molar-refractivity contribution in [3.05, 3.63) is 0 Å². The second-order valence-corrected chi connectivity index (χ2v) is 4.84. The number of carbonyl (C=O) groups is 2. The molecule has 3 amide bonds. The Labute approximate surface area is 101 Å². The SMILES string of the molecule is CC1CCN(CCN2C(=O)CNC2=O)CC1O. The first-order chi connectivity index (χ1) is 8.08. The fraction of sp³-hybridized carbons (Fsp3) is 0.818. The molecule has 6 nitrogen and oxygen atoms in total. The molecular weight excluding hydrogens is 222 g/mol. The van der Waals surface area contributed by atoms with Crippen LogP contribution in [0.4, 0.5) is 4.79 Å². The highest BCUT2D eigenvalue weighted by Crippen LogP contribution is 2.16. The van der Waals surface area contributed by atoms with Crippen molar-refractivity contribution in [1.29, 1.82) is 0 Å². The summed E-state index contributed by atoms with van der Waals surface area (Å²) in [6.07, 6.45) is 0.660. The van der Waals surface area contributed by atoms with Crippen LogP contribution < -0.4 is 5.32 Å². The average molecular weight is 241 g/mol. The number of piperidine rings is 1. The molecule has 0 aromatic heterocycles. The average Bonchev–Trinajstić information content (AvgIpc) is 2.61. The number of amides is 3. The van der Waals surface area contributed by atoms with Crippen LogP contribution in [0.1, 0.15) is 13.3 Å². The molecular formula is C11H19N3O3. The van der Waals surface area contributed by atoms with Crippen LogP contribution in [-0.4, -0.2) is 65.7 Å². The van der Waals surface area contributed by atoms with E-state index in [4.69, 9.17) is 0 Å². The van der Waals surface area contributed by atoms with Gasteiger partial charge in [-0.2, -0.15) is 0 Å². The summed E-state index contributed by atoms with van der Waals surface area (Å²) in [7, 11) is 0. The molecule has 2 fully saturated rings. The molecule has 2 unspecified atom stereocenters. The summed E-state index contributed by atoms with van der Waals surface area (Å²) >= 11 is 0. The lowest BCUT2D eigenvalue weighted by molar-refractivity contribution is -0.125. The number of aliphatic hydroxyl groups is 1. The van der Waals surface area contributed by atoms with Gasteiger partial charge in [-0.1, -0.05) is 6.92 Å². The number of carbonyl (C=O) groups excluding carboxylic acids is 2. The monoisotopic (exact) mass is 241 g/mol. The van der Waals surface area contributed by atoms with Crippen LogP contribution in [0.25, 0.3) is 0 Å². The Morgan fingerprint density at radius 2 is 2.18 bits per heavy atom. The van der Waals surface area contributed by atoms with E-state index in [2.05, 4.69) is 10.2 Å². The number of hydrogen-bond acceptors (Lipinski definition) is 4. The van der Waals surface area contributed by atoms with Gasteiger partial charge in [-0.3, -0.25) is 14.6 Å². The van der Waals surface area contributed by atoms with Crippen LogP contribution >= 0.6 is 0 Å². The van der Waals surface area contributed by atoms with Gasteiger partial charge >= 0.3 is 6.03 Å². The van der Waals surface area contributed by atoms with E-state index in [1.165, 1.54) is 4.90 Å².